The molecule has 3 aliphatic rings. The lowest BCUT2D eigenvalue weighted by Gasteiger charge is -2.39. The maximum atomic E-state index is 12.4. The van der Waals surface area contributed by atoms with Gasteiger partial charge in [0.2, 0.25) is 0 Å². The Morgan fingerprint density at radius 2 is 2.13 bits per heavy atom. The predicted octanol–water partition coefficient (Wildman–Crippen LogP) is 2.68. The fourth-order valence-electron chi connectivity index (χ4n) is 4.70. The second-order valence-electron chi connectivity index (χ2n) is 8.61. The smallest absolute Gasteiger partial charge is 0.343 e. The SMILES string of the molecule is C=C1C2=C(C=C3c4nc5ccc(O)c(CN(C)C)c5cc4CN13)C(O)(CC)C(=O)OC2. The Kier molecular flexibility index (Phi) is 4.26. The number of fused-ring (bicyclic) bond motifs is 4. The summed E-state index contributed by atoms with van der Waals surface area (Å²) in [7, 11) is 3.92. The molecule has 0 aliphatic carbocycles. The van der Waals surface area contributed by atoms with E-state index in [1.807, 2.05) is 31.1 Å². The van der Waals surface area contributed by atoms with E-state index in [1.165, 1.54) is 0 Å². The summed E-state index contributed by atoms with van der Waals surface area (Å²) in [5, 5.41) is 22.4. The number of aliphatic hydroxyl groups is 1. The molecule has 160 valence electrons. The van der Waals surface area contributed by atoms with Crippen LogP contribution < -0.4 is 0 Å². The largest absolute Gasteiger partial charge is 0.508 e. The molecule has 1 aromatic carbocycles. The van der Waals surface area contributed by atoms with Gasteiger partial charge < -0.3 is 24.7 Å². The van der Waals surface area contributed by atoms with Gasteiger partial charge in [0, 0.05) is 39.9 Å². The van der Waals surface area contributed by atoms with Gasteiger partial charge in [-0.15, -0.1) is 0 Å². The average Bonchev–Trinajstić information content (AvgIpc) is 3.10. The van der Waals surface area contributed by atoms with Crippen LogP contribution in [0.1, 0.15) is 30.2 Å². The first kappa shape index (κ1) is 19.8. The molecule has 3 aliphatic heterocycles. The van der Waals surface area contributed by atoms with E-state index in [2.05, 4.69) is 17.5 Å². The van der Waals surface area contributed by atoms with Crippen molar-refractivity contribution in [2.45, 2.75) is 32.0 Å². The number of carbonyl (C=O) groups is 1. The Morgan fingerprint density at radius 3 is 2.84 bits per heavy atom. The topological polar surface area (TPSA) is 86.1 Å². The minimum absolute atomic E-state index is 0.0994. The normalized spacial score (nSPS) is 22.5. The summed E-state index contributed by atoms with van der Waals surface area (Å²) >= 11 is 0. The number of aromatic hydroxyl groups is 1. The summed E-state index contributed by atoms with van der Waals surface area (Å²) < 4.78 is 5.27. The van der Waals surface area contributed by atoms with Gasteiger partial charge in [0.05, 0.1) is 23.5 Å². The Hall–Kier alpha value is -3.16. The number of hydrogen-bond acceptors (Lipinski definition) is 7. The number of hydrogen-bond donors (Lipinski definition) is 2. The Bertz CT molecular complexity index is 1230. The molecule has 0 fully saturated rings. The molecule has 31 heavy (non-hydrogen) atoms. The Balaban J connectivity index is 1.69. The molecule has 0 amide bonds. The second-order valence-corrected chi connectivity index (χ2v) is 8.61. The van der Waals surface area contributed by atoms with Gasteiger partial charge in [-0.05, 0) is 44.8 Å². The van der Waals surface area contributed by atoms with Crippen molar-refractivity contribution >= 4 is 22.6 Å². The summed E-state index contributed by atoms with van der Waals surface area (Å²) in [6.07, 6.45) is 2.08. The lowest BCUT2D eigenvalue weighted by molar-refractivity contribution is -0.162. The van der Waals surface area contributed by atoms with Gasteiger partial charge in [0.1, 0.15) is 12.4 Å². The van der Waals surface area contributed by atoms with E-state index in [9.17, 15) is 15.0 Å². The molecule has 0 saturated carbocycles. The van der Waals surface area contributed by atoms with Crippen LogP contribution in [0, 0.1) is 0 Å². The maximum Gasteiger partial charge on any atom is 0.343 e. The highest BCUT2D eigenvalue weighted by Crippen LogP contribution is 2.46. The summed E-state index contributed by atoms with van der Waals surface area (Å²) in [4.78, 5) is 21.3. The zero-order valence-corrected chi connectivity index (χ0v) is 17.9. The highest BCUT2D eigenvalue weighted by molar-refractivity contribution is 5.92. The average molecular weight is 419 g/mol. The van der Waals surface area contributed by atoms with E-state index in [-0.39, 0.29) is 18.8 Å². The molecule has 2 aromatic rings. The second kappa shape index (κ2) is 6.67. The summed E-state index contributed by atoms with van der Waals surface area (Å²) in [6, 6.07) is 5.57. The van der Waals surface area contributed by atoms with Crippen LogP contribution in [0.25, 0.3) is 16.6 Å². The Labute approximate surface area is 180 Å². The Morgan fingerprint density at radius 1 is 1.35 bits per heavy atom. The molecular weight excluding hydrogens is 394 g/mol. The third kappa shape index (κ3) is 2.73. The lowest BCUT2D eigenvalue weighted by atomic mass is 9.82. The first-order valence-corrected chi connectivity index (χ1v) is 10.4. The molecule has 0 bridgehead atoms. The van der Waals surface area contributed by atoms with Crippen LogP contribution in [0.4, 0.5) is 0 Å². The van der Waals surface area contributed by atoms with Gasteiger partial charge >= 0.3 is 5.97 Å². The van der Waals surface area contributed by atoms with Crippen molar-refractivity contribution in [3.8, 4) is 5.75 Å². The highest BCUT2D eigenvalue weighted by Gasteiger charge is 2.47. The number of phenols is 1. The molecule has 5 rings (SSSR count). The molecule has 4 heterocycles. The molecule has 7 heteroatoms. The number of ether oxygens (including phenoxy) is 1. The molecular formula is C24H25N3O4. The minimum atomic E-state index is -1.68. The number of esters is 1. The molecule has 2 N–H and O–H groups in total. The van der Waals surface area contributed by atoms with E-state index in [1.54, 1.807) is 13.0 Å². The zero-order valence-electron chi connectivity index (χ0n) is 17.9. The molecule has 1 unspecified atom stereocenters. The maximum absolute atomic E-state index is 12.4. The number of cyclic esters (lactones) is 1. The van der Waals surface area contributed by atoms with E-state index in [4.69, 9.17) is 9.72 Å². The number of rotatable bonds is 3. The van der Waals surface area contributed by atoms with Gasteiger partial charge in [-0.1, -0.05) is 13.5 Å². The van der Waals surface area contributed by atoms with E-state index < -0.39 is 11.6 Å². The number of pyridine rings is 1. The lowest BCUT2D eigenvalue weighted by Crippen LogP contribution is -2.47. The summed E-state index contributed by atoms with van der Waals surface area (Å²) in [6.45, 7) is 7.28. The van der Waals surface area contributed by atoms with Crippen molar-refractivity contribution in [2.24, 2.45) is 0 Å². The standard InChI is InChI=1S/C24H25N3O4/c1-5-24(30)18-9-20-22-14(10-27(20)13(2)17(18)12-31-23(24)29)8-15-16(11-26(3)4)21(28)7-6-19(15)25-22/h6-9,28,30H,2,5,10-12H2,1,3-4H3. The van der Waals surface area contributed by atoms with Crippen LogP contribution in [0.5, 0.6) is 5.75 Å². The number of phenolic OH excluding ortho intramolecular Hbond substituents is 1. The fraction of sp³-hybridized carbons (Fsp3) is 0.333. The third-order valence-electron chi connectivity index (χ3n) is 6.42. The van der Waals surface area contributed by atoms with Gasteiger partial charge in [0.25, 0.3) is 0 Å². The van der Waals surface area contributed by atoms with Crippen molar-refractivity contribution in [3.63, 3.8) is 0 Å². The highest BCUT2D eigenvalue weighted by atomic mass is 16.6. The quantitative estimate of drug-likeness (QED) is 0.740. The van der Waals surface area contributed by atoms with Gasteiger partial charge in [-0.3, -0.25) is 0 Å². The molecule has 0 radical (unpaired) electrons. The number of nitrogens with zero attached hydrogens (tertiary/aromatic N) is 3. The summed E-state index contributed by atoms with van der Waals surface area (Å²) in [5.41, 5.74) is 4.60. The van der Waals surface area contributed by atoms with Crippen LogP contribution in [0.3, 0.4) is 0 Å². The molecule has 0 saturated heterocycles. The first-order valence-electron chi connectivity index (χ1n) is 10.4. The van der Waals surface area contributed by atoms with E-state index in [0.29, 0.717) is 24.4 Å². The molecule has 1 atom stereocenters. The van der Waals surface area contributed by atoms with Crippen LogP contribution in [0.2, 0.25) is 0 Å². The van der Waals surface area contributed by atoms with Crippen molar-refractivity contribution < 1.29 is 19.7 Å². The third-order valence-corrected chi connectivity index (χ3v) is 6.42. The van der Waals surface area contributed by atoms with Gasteiger partial charge in [-0.2, -0.15) is 0 Å². The van der Waals surface area contributed by atoms with Gasteiger partial charge in [-0.25, -0.2) is 9.78 Å². The van der Waals surface area contributed by atoms with Crippen LogP contribution >= 0.6 is 0 Å². The molecule has 7 nitrogen and oxygen atoms in total. The van der Waals surface area contributed by atoms with Crippen molar-refractivity contribution in [1.29, 1.82) is 0 Å². The minimum Gasteiger partial charge on any atom is -0.508 e. The molecule has 1 aromatic heterocycles. The number of carbonyl (C=O) groups excluding carboxylic acids is 1. The fourth-order valence-corrected chi connectivity index (χ4v) is 4.70. The number of benzene rings is 1. The van der Waals surface area contributed by atoms with E-state index >= 15 is 0 Å². The van der Waals surface area contributed by atoms with E-state index in [0.717, 1.165) is 39.0 Å². The summed E-state index contributed by atoms with van der Waals surface area (Å²) in [5.74, 6) is -0.372. The van der Waals surface area contributed by atoms with Crippen molar-refractivity contribution in [3.05, 3.63) is 64.5 Å². The molecule has 0 spiro atoms. The van der Waals surface area contributed by atoms with Crippen LogP contribution in [-0.2, 0) is 22.6 Å². The van der Waals surface area contributed by atoms with Crippen LogP contribution in [-0.4, -0.2) is 57.3 Å². The number of aromatic nitrogens is 1. The monoisotopic (exact) mass is 419 g/mol. The van der Waals surface area contributed by atoms with Gasteiger partial charge in [0.15, 0.2) is 5.60 Å². The first-order chi connectivity index (χ1) is 14.7. The van der Waals surface area contributed by atoms with Crippen molar-refractivity contribution in [2.75, 3.05) is 20.7 Å². The van der Waals surface area contributed by atoms with Crippen molar-refractivity contribution in [1.82, 2.24) is 14.8 Å². The zero-order chi connectivity index (χ0) is 22.1. The predicted molar refractivity (Wildman–Crippen MR) is 117 cm³/mol. The van der Waals surface area contributed by atoms with Crippen LogP contribution in [0.15, 0.2) is 47.7 Å².